The van der Waals surface area contributed by atoms with E-state index in [1.165, 1.54) is 0 Å². The van der Waals surface area contributed by atoms with Gasteiger partial charge in [0.1, 0.15) is 13.2 Å². The molecule has 2 aliphatic carbocycles. The Bertz CT molecular complexity index is 973. The zero-order valence-electron chi connectivity index (χ0n) is 20.2. The summed E-state index contributed by atoms with van der Waals surface area (Å²) in [4.78, 5) is 26.7. The van der Waals surface area contributed by atoms with Crippen LogP contribution in [0.2, 0.25) is 0 Å². The molecule has 5 rings (SSSR count). The molecule has 1 aliphatic heterocycles. The smallest absolute Gasteiger partial charge is 0.410 e. The maximum absolute atomic E-state index is 12.6. The van der Waals surface area contributed by atoms with Crippen molar-refractivity contribution in [2.24, 2.45) is 11.8 Å². The summed E-state index contributed by atoms with van der Waals surface area (Å²) in [6.45, 7) is 1.39. The number of nitrogens with zero attached hydrogens (tertiary/aromatic N) is 1. The molecule has 35 heavy (non-hydrogen) atoms. The molecule has 6 nitrogen and oxygen atoms in total. The van der Waals surface area contributed by atoms with Crippen molar-refractivity contribution in [2.75, 3.05) is 6.54 Å². The minimum atomic E-state index is -0.209. The van der Waals surface area contributed by atoms with Gasteiger partial charge in [-0.05, 0) is 55.6 Å². The van der Waals surface area contributed by atoms with Crippen molar-refractivity contribution in [3.05, 3.63) is 71.8 Å². The summed E-state index contributed by atoms with van der Waals surface area (Å²) in [7, 11) is 0. The highest BCUT2D eigenvalue weighted by atomic mass is 16.6. The van der Waals surface area contributed by atoms with E-state index < -0.39 is 0 Å². The van der Waals surface area contributed by atoms with Crippen LogP contribution < -0.4 is 0 Å². The summed E-state index contributed by atoms with van der Waals surface area (Å²) in [6.07, 6.45) is 6.68. The van der Waals surface area contributed by atoms with Crippen molar-refractivity contribution >= 4 is 12.1 Å². The largest absolute Gasteiger partial charge is 0.461 e. The summed E-state index contributed by atoms with van der Waals surface area (Å²) in [6, 6.07) is 19.8. The van der Waals surface area contributed by atoms with Crippen LogP contribution in [0.1, 0.15) is 56.1 Å². The number of ether oxygens (including phenoxy) is 3. The lowest BCUT2D eigenvalue weighted by molar-refractivity contribution is -0.146. The fraction of sp³-hybridized carbons (Fsp3) is 0.517. The Morgan fingerprint density at radius 3 is 2.03 bits per heavy atom. The van der Waals surface area contributed by atoms with Gasteiger partial charge in [-0.2, -0.15) is 0 Å². The first kappa shape index (κ1) is 23.9. The summed E-state index contributed by atoms with van der Waals surface area (Å²) >= 11 is 0. The Balaban J connectivity index is 0.990. The molecule has 3 aliphatic rings. The van der Waals surface area contributed by atoms with Crippen LogP contribution in [0.5, 0.6) is 0 Å². The molecule has 3 atom stereocenters. The minimum Gasteiger partial charge on any atom is -0.461 e. The number of carbonyl (C=O) groups is 2. The standard InChI is InChI=1S/C29H35NO5/c31-28(33-19-22-7-3-1-4-8-22)15-21-11-13-26(14-12-21)35-27-17-25-16-24(27)18-30(25)29(32)34-20-23-9-5-2-6-10-23/h1-10,21,24-27H,11-20H2. The first-order chi connectivity index (χ1) is 17.1. The molecule has 1 saturated heterocycles. The van der Waals surface area contributed by atoms with Gasteiger partial charge in [0.15, 0.2) is 0 Å². The van der Waals surface area contributed by atoms with Crippen LogP contribution >= 0.6 is 0 Å². The number of esters is 1. The van der Waals surface area contributed by atoms with Crippen LogP contribution in [-0.4, -0.2) is 41.8 Å². The number of amides is 1. The molecule has 6 heteroatoms. The average molecular weight is 478 g/mol. The fourth-order valence-electron chi connectivity index (χ4n) is 5.85. The minimum absolute atomic E-state index is 0.106. The maximum Gasteiger partial charge on any atom is 0.410 e. The van der Waals surface area contributed by atoms with Crippen LogP contribution in [0.3, 0.4) is 0 Å². The quantitative estimate of drug-likeness (QED) is 0.470. The number of hydrogen-bond acceptors (Lipinski definition) is 5. The van der Waals surface area contributed by atoms with E-state index in [0.29, 0.717) is 31.5 Å². The normalized spacial score (nSPS) is 27.5. The lowest BCUT2D eigenvalue weighted by atomic mass is 9.85. The molecule has 2 saturated carbocycles. The van der Waals surface area contributed by atoms with E-state index in [4.69, 9.17) is 14.2 Å². The Kier molecular flexibility index (Phi) is 7.67. The number of hydrogen-bond donors (Lipinski definition) is 0. The van der Waals surface area contributed by atoms with Crippen molar-refractivity contribution in [1.29, 1.82) is 0 Å². The molecule has 0 radical (unpaired) electrons. The van der Waals surface area contributed by atoms with E-state index in [1.54, 1.807) is 0 Å². The lowest BCUT2D eigenvalue weighted by Gasteiger charge is -2.35. The van der Waals surface area contributed by atoms with Gasteiger partial charge in [-0.1, -0.05) is 60.7 Å². The van der Waals surface area contributed by atoms with Gasteiger partial charge in [-0.3, -0.25) is 4.79 Å². The number of likely N-dealkylation sites (tertiary alicyclic amines) is 1. The highest BCUT2D eigenvalue weighted by Crippen LogP contribution is 2.42. The molecule has 0 spiro atoms. The fourth-order valence-corrected chi connectivity index (χ4v) is 5.85. The first-order valence-electron chi connectivity index (χ1n) is 13.0. The highest BCUT2D eigenvalue weighted by molar-refractivity contribution is 5.69. The zero-order chi connectivity index (χ0) is 24.0. The highest BCUT2D eigenvalue weighted by Gasteiger charge is 2.48. The molecule has 2 aromatic rings. The monoisotopic (exact) mass is 477 g/mol. The maximum atomic E-state index is 12.6. The molecule has 2 aromatic carbocycles. The molecule has 3 unspecified atom stereocenters. The van der Waals surface area contributed by atoms with Gasteiger partial charge in [0.25, 0.3) is 0 Å². The number of rotatable bonds is 8. The summed E-state index contributed by atoms with van der Waals surface area (Å²) in [5, 5.41) is 0. The van der Waals surface area contributed by atoms with Gasteiger partial charge in [-0.25, -0.2) is 4.79 Å². The van der Waals surface area contributed by atoms with Gasteiger partial charge in [-0.15, -0.1) is 0 Å². The second-order valence-corrected chi connectivity index (χ2v) is 10.2. The molecule has 3 fully saturated rings. The molecule has 186 valence electrons. The molecule has 1 amide bonds. The second-order valence-electron chi connectivity index (χ2n) is 10.2. The Labute approximate surface area is 207 Å². The van der Waals surface area contributed by atoms with E-state index in [2.05, 4.69) is 0 Å². The van der Waals surface area contributed by atoms with E-state index in [9.17, 15) is 9.59 Å². The van der Waals surface area contributed by atoms with Gasteiger partial charge >= 0.3 is 12.1 Å². The van der Waals surface area contributed by atoms with E-state index in [0.717, 1.165) is 56.2 Å². The number of fused-ring (bicyclic) bond motifs is 2. The van der Waals surface area contributed by atoms with Crippen LogP contribution in [0.15, 0.2) is 60.7 Å². The molecular formula is C29H35NO5. The SMILES string of the molecule is O=C(CC1CCC(OC2CC3CC2CN3C(=O)OCc2ccccc2)CC1)OCc1ccccc1. The van der Waals surface area contributed by atoms with Gasteiger partial charge in [0.2, 0.25) is 0 Å². The van der Waals surface area contributed by atoms with Gasteiger partial charge < -0.3 is 19.1 Å². The molecule has 0 aromatic heterocycles. The second kappa shape index (κ2) is 11.3. The predicted molar refractivity (Wildman–Crippen MR) is 131 cm³/mol. The van der Waals surface area contributed by atoms with Crippen LogP contribution in [0.25, 0.3) is 0 Å². The number of benzene rings is 2. The Morgan fingerprint density at radius 1 is 0.800 bits per heavy atom. The molecule has 0 N–H and O–H groups in total. The van der Waals surface area contributed by atoms with E-state index in [1.807, 2.05) is 65.6 Å². The van der Waals surface area contributed by atoms with Crippen LogP contribution in [0.4, 0.5) is 4.79 Å². The van der Waals surface area contributed by atoms with E-state index >= 15 is 0 Å². The third-order valence-corrected chi connectivity index (χ3v) is 7.78. The van der Waals surface area contributed by atoms with Gasteiger partial charge in [0, 0.05) is 24.9 Å². The topological polar surface area (TPSA) is 65.1 Å². The number of piperidine rings is 1. The van der Waals surface area contributed by atoms with E-state index in [-0.39, 0.29) is 30.3 Å². The Morgan fingerprint density at radius 2 is 1.43 bits per heavy atom. The third kappa shape index (κ3) is 6.23. The third-order valence-electron chi connectivity index (χ3n) is 7.78. The van der Waals surface area contributed by atoms with Crippen molar-refractivity contribution in [3.8, 4) is 0 Å². The van der Waals surface area contributed by atoms with Crippen molar-refractivity contribution in [2.45, 2.75) is 76.4 Å². The van der Waals surface area contributed by atoms with Crippen LogP contribution in [0, 0.1) is 11.8 Å². The lowest BCUT2D eigenvalue weighted by Crippen LogP contribution is -2.43. The average Bonchev–Trinajstić information content (AvgIpc) is 3.49. The molecule has 1 heterocycles. The van der Waals surface area contributed by atoms with Crippen molar-refractivity contribution in [1.82, 2.24) is 4.90 Å². The molecule has 2 bridgehead atoms. The molecular weight excluding hydrogens is 442 g/mol. The van der Waals surface area contributed by atoms with Crippen molar-refractivity contribution in [3.63, 3.8) is 0 Å². The summed E-state index contributed by atoms with van der Waals surface area (Å²) in [5.41, 5.74) is 2.03. The predicted octanol–water partition coefficient (Wildman–Crippen LogP) is 5.49. The summed E-state index contributed by atoms with van der Waals surface area (Å²) in [5.74, 6) is 0.675. The summed E-state index contributed by atoms with van der Waals surface area (Å²) < 4.78 is 17.5. The van der Waals surface area contributed by atoms with Gasteiger partial charge in [0.05, 0.1) is 12.2 Å². The number of carbonyl (C=O) groups excluding carboxylic acids is 2. The first-order valence-corrected chi connectivity index (χ1v) is 13.0. The Hall–Kier alpha value is -2.86. The zero-order valence-corrected chi connectivity index (χ0v) is 20.2. The van der Waals surface area contributed by atoms with Crippen molar-refractivity contribution < 1.29 is 23.8 Å². The van der Waals surface area contributed by atoms with Crippen LogP contribution in [-0.2, 0) is 32.2 Å².